The van der Waals surface area contributed by atoms with Crippen LogP contribution in [0.5, 0.6) is 0 Å². The Hall–Kier alpha value is -1.95. The van der Waals surface area contributed by atoms with E-state index in [1.807, 2.05) is 4.90 Å². The van der Waals surface area contributed by atoms with Crippen LogP contribution in [0.3, 0.4) is 0 Å². The fourth-order valence-electron chi connectivity index (χ4n) is 2.85. The third-order valence-electron chi connectivity index (χ3n) is 4.26. The van der Waals surface area contributed by atoms with Crippen molar-refractivity contribution in [1.29, 1.82) is 0 Å². The Bertz CT molecular complexity index is 583. The smallest absolute Gasteiger partial charge is 0.266 e. The van der Waals surface area contributed by atoms with E-state index in [9.17, 15) is 9.18 Å². The molecule has 0 aromatic heterocycles. The lowest BCUT2D eigenvalue weighted by Crippen LogP contribution is -2.51. The van der Waals surface area contributed by atoms with Crippen LogP contribution in [0.25, 0.3) is 0 Å². The molecule has 1 saturated heterocycles. The Labute approximate surface area is 129 Å². The van der Waals surface area contributed by atoms with Gasteiger partial charge in [-0.05, 0) is 12.6 Å². The van der Waals surface area contributed by atoms with Crippen molar-refractivity contribution in [3.8, 4) is 0 Å². The van der Waals surface area contributed by atoms with Gasteiger partial charge in [0.1, 0.15) is 5.82 Å². The highest BCUT2D eigenvalue weighted by atomic mass is 19.1. The molecule has 0 N–H and O–H groups in total. The summed E-state index contributed by atoms with van der Waals surface area (Å²) in [6.07, 6.45) is -0.295. The molecule has 1 aromatic carbocycles. The minimum Gasteiger partial charge on any atom is -0.382 e. The summed E-state index contributed by atoms with van der Waals surface area (Å²) in [5.74, 6) is -0.389. The molecule has 0 radical (unpaired) electrons. The molecule has 0 spiro atoms. The second-order valence-electron chi connectivity index (χ2n) is 5.58. The molecule has 1 aromatic rings. The number of benzene rings is 1. The second-order valence-corrected chi connectivity index (χ2v) is 5.58. The largest absolute Gasteiger partial charge is 0.382 e. The Morgan fingerprint density at radius 3 is 2.73 bits per heavy atom. The summed E-state index contributed by atoms with van der Waals surface area (Å²) < 4.78 is 13.8. The highest BCUT2D eigenvalue weighted by Gasteiger charge is 2.34. The molecule has 118 valence electrons. The van der Waals surface area contributed by atoms with Crippen molar-refractivity contribution < 1.29 is 14.0 Å². The van der Waals surface area contributed by atoms with Crippen LogP contribution in [-0.4, -0.2) is 60.2 Å². The van der Waals surface area contributed by atoms with Crippen LogP contribution < -0.4 is 0 Å². The van der Waals surface area contributed by atoms with E-state index in [2.05, 4.69) is 17.0 Å². The number of rotatable bonds is 3. The molecule has 2 heterocycles. The second kappa shape index (κ2) is 6.44. The van der Waals surface area contributed by atoms with Gasteiger partial charge in [-0.15, -0.1) is 0 Å². The Morgan fingerprint density at radius 2 is 2.05 bits per heavy atom. The Balaban J connectivity index is 1.60. The maximum atomic E-state index is 13.8. The summed E-state index contributed by atoms with van der Waals surface area (Å²) in [5, 5.41) is 3.91. The van der Waals surface area contributed by atoms with Crippen molar-refractivity contribution in [1.82, 2.24) is 9.80 Å². The summed E-state index contributed by atoms with van der Waals surface area (Å²) >= 11 is 0. The highest BCUT2D eigenvalue weighted by molar-refractivity contribution is 6.04. The average molecular weight is 305 g/mol. The molecular formula is C16H20FN3O2. The van der Waals surface area contributed by atoms with Gasteiger partial charge in [0, 0.05) is 38.2 Å². The molecule has 22 heavy (non-hydrogen) atoms. The van der Waals surface area contributed by atoms with Crippen molar-refractivity contribution in [2.75, 3.05) is 32.7 Å². The molecular weight excluding hydrogens is 285 g/mol. The third-order valence-corrected chi connectivity index (χ3v) is 4.26. The number of nitrogens with zero attached hydrogens (tertiary/aromatic N) is 3. The molecule has 0 aliphatic carbocycles. The predicted octanol–water partition coefficient (Wildman–Crippen LogP) is 1.48. The molecule has 1 unspecified atom stereocenters. The number of carbonyl (C=O) groups is 1. The fourth-order valence-corrected chi connectivity index (χ4v) is 2.85. The molecule has 1 atom stereocenters. The van der Waals surface area contributed by atoms with E-state index in [-0.39, 0.29) is 11.7 Å². The lowest BCUT2D eigenvalue weighted by atomic mass is 10.0. The highest BCUT2D eigenvalue weighted by Crippen LogP contribution is 2.20. The first kappa shape index (κ1) is 15.0. The first-order valence-corrected chi connectivity index (χ1v) is 7.67. The predicted molar refractivity (Wildman–Crippen MR) is 81.1 cm³/mol. The van der Waals surface area contributed by atoms with Gasteiger partial charge < -0.3 is 14.6 Å². The van der Waals surface area contributed by atoms with Crippen LogP contribution >= 0.6 is 0 Å². The average Bonchev–Trinajstić information content (AvgIpc) is 3.04. The van der Waals surface area contributed by atoms with Gasteiger partial charge in [0.2, 0.25) is 6.10 Å². The zero-order valence-corrected chi connectivity index (χ0v) is 12.7. The van der Waals surface area contributed by atoms with Crippen molar-refractivity contribution >= 4 is 11.6 Å². The first-order chi connectivity index (χ1) is 10.7. The van der Waals surface area contributed by atoms with E-state index in [0.29, 0.717) is 30.8 Å². The summed E-state index contributed by atoms with van der Waals surface area (Å²) in [4.78, 5) is 21.9. The molecule has 2 aliphatic rings. The minimum atomic E-state index is -0.622. The van der Waals surface area contributed by atoms with Gasteiger partial charge in [-0.3, -0.25) is 4.79 Å². The van der Waals surface area contributed by atoms with Gasteiger partial charge in [0.05, 0.1) is 5.71 Å². The zero-order chi connectivity index (χ0) is 15.5. The van der Waals surface area contributed by atoms with E-state index in [4.69, 9.17) is 4.84 Å². The van der Waals surface area contributed by atoms with E-state index < -0.39 is 6.10 Å². The number of hydrogen-bond donors (Lipinski definition) is 0. The quantitative estimate of drug-likeness (QED) is 0.850. The summed E-state index contributed by atoms with van der Waals surface area (Å²) in [6, 6.07) is 6.42. The topological polar surface area (TPSA) is 45.1 Å². The molecule has 1 amide bonds. The van der Waals surface area contributed by atoms with Crippen LogP contribution in [-0.2, 0) is 9.63 Å². The lowest BCUT2D eigenvalue weighted by Gasteiger charge is -2.34. The molecule has 5 nitrogen and oxygen atoms in total. The maximum absolute atomic E-state index is 13.8. The Kier molecular flexibility index (Phi) is 4.38. The summed E-state index contributed by atoms with van der Waals surface area (Å²) in [5.41, 5.74) is 0.914. The molecule has 0 bridgehead atoms. The monoisotopic (exact) mass is 305 g/mol. The van der Waals surface area contributed by atoms with Gasteiger partial charge >= 0.3 is 0 Å². The van der Waals surface area contributed by atoms with Gasteiger partial charge in [-0.2, -0.15) is 0 Å². The fraction of sp³-hybridized carbons (Fsp3) is 0.500. The van der Waals surface area contributed by atoms with Crippen LogP contribution in [0.2, 0.25) is 0 Å². The number of likely N-dealkylation sites (N-methyl/N-ethyl adjacent to an activating group) is 1. The van der Waals surface area contributed by atoms with Crippen LogP contribution in [0.15, 0.2) is 29.4 Å². The number of piperazine rings is 1. The van der Waals surface area contributed by atoms with E-state index in [1.54, 1.807) is 18.2 Å². The van der Waals surface area contributed by atoms with Gasteiger partial charge in [0.15, 0.2) is 0 Å². The lowest BCUT2D eigenvalue weighted by molar-refractivity contribution is -0.143. The zero-order valence-electron chi connectivity index (χ0n) is 12.7. The molecule has 0 saturated carbocycles. The van der Waals surface area contributed by atoms with Crippen molar-refractivity contribution in [2.45, 2.75) is 19.4 Å². The minimum absolute atomic E-state index is 0.0501. The SMILES string of the molecule is CCN1CCN(C(=O)C2CC(c3ccccc3F)=NO2)CC1. The number of amides is 1. The van der Waals surface area contributed by atoms with Crippen molar-refractivity contribution in [2.24, 2.45) is 5.16 Å². The molecule has 1 fully saturated rings. The van der Waals surface area contributed by atoms with Crippen LogP contribution in [0.1, 0.15) is 18.9 Å². The van der Waals surface area contributed by atoms with Gasteiger partial charge in [-0.1, -0.05) is 30.3 Å². The van der Waals surface area contributed by atoms with Crippen molar-refractivity contribution in [3.05, 3.63) is 35.6 Å². The van der Waals surface area contributed by atoms with Crippen molar-refractivity contribution in [3.63, 3.8) is 0 Å². The van der Waals surface area contributed by atoms with Crippen LogP contribution in [0.4, 0.5) is 4.39 Å². The number of halogens is 1. The van der Waals surface area contributed by atoms with Gasteiger partial charge in [0.25, 0.3) is 5.91 Å². The summed E-state index contributed by atoms with van der Waals surface area (Å²) in [7, 11) is 0. The third kappa shape index (κ3) is 2.97. The molecule has 2 aliphatic heterocycles. The molecule has 3 rings (SSSR count). The first-order valence-electron chi connectivity index (χ1n) is 7.67. The molecule has 6 heteroatoms. The maximum Gasteiger partial charge on any atom is 0.266 e. The number of hydrogen-bond acceptors (Lipinski definition) is 4. The van der Waals surface area contributed by atoms with E-state index >= 15 is 0 Å². The Morgan fingerprint density at radius 1 is 1.32 bits per heavy atom. The van der Waals surface area contributed by atoms with E-state index in [0.717, 1.165) is 19.6 Å². The summed E-state index contributed by atoms with van der Waals surface area (Å²) in [6.45, 7) is 6.31. The van der Waals surface area contributed by atoms with E-state index in [1.165, 1.54) is 6.07 Å². The normalized spacial score (nSPS) is 22.4. The standard InChI is InChI=1S/C16H20FN3O2/c1-2-19-7-9-20(10-8-19)16(21)15-11-14(18-22-15)12-5-3-4-6-13(12)17/h3-6,15H,2,7-11H2,1H3. The number of oxime groups is 1. The number of carbonyl (C=O) groups excluding carboxylic acids is 1. The van der Waals surface area contributed by atoms with Gasteiger partial charge in [-0.25, -0.2) is 4.39 Å². The van der Waals surface area contributed by atoms with Crippen LogP contribution in [0, 0.1) is 5.82 Å².